The summed E-state index contributed by atoms with van der Waals surface area (Å²) in [6, 6.07) is 9.94. The molecule has 0 spiro atoms. The summed E-state index contributed by atoms with van der Waals surface area (Å²) in [6.07, 6.45) is 0. The van der Waals surface area contributed by atoms with Gasteiger partial charge in [0, 0.05) is 5.02 Å². The van der Waals surface area contributed by atoms with E-state index < -0.39 is 11.8 Å². The summed E-state index contributed by atoms with van der Waals surface area (Å²) in [4.78, 5) is 23.6. The third kappa shape index (κ3) is 6.50. The van der Waals surface area contributed by atoms with Gasteiger partial charge < -0.3 is 14.2 Å². The zero-order valence-corrected chi connectivity index (χ0v) is 17.2. The maximum absolute atomic E-state index is 11.8. The molecule has 0 fully saturated rings. The molecule has 7 nitrogen and oxygen atoms in total. The van der Waals surface area contributed by atoms with E-state index in [0.717, 1.165) is 0 Å². The minimum Gasteiger partial charge on any atom is -0.493 e. The number of hydrogen-bond donors (Lipinski definition) is 2. The number of carbonyl (C=O) groups excluding carboxylic acids is 2. The second-order valence-electron chi connectivity index (χ2n) is 5.02. The highest BCUT2D eigenvalue weighted by molar-refractivity contribution is 9.10. The van der Waals surface area contributed by atoms with Crippen molar-refractivity contribution >= 4 is 50.9 Å². The Morgan fingerprint density at radius 2 is 1.59 bits per heavy atom. The van der Waals surface area contributed by atoms with Gasteiger partial charge in [-0.25, -0.2) is 0 Å². The lowest BCUT2D eigenvalue weighted by atomic mass is 10.3. The minimum absolute atomic E-state index is 0.247. The molecule has 10 heteroatoms. The van der Waals surface area contributed by atoms with Gasteiger partial charge in [-0.2, -0.15) is 0 Å². The molecular formula is C17H15BrCl2N2O5. The molecule has 0 aromatic heterocycles. The van der Waals surface area contributed by atoms with Crippen molar-refractivity contribution in [2.24, 2.45) is 0 Å². The average Bonchev–Trinajstić information content (AvgIpc) is 2.64. The third-order valence-corrected chi connectivity index (χ3v) is 4.17. The van der Waals surface area contributed by atoms with Crippen molar-refractivity contribution in [3.63, 3.8) is 0 Å². The number of para-hydroxylation sites is 2. The topological polar surface area (TPSA) is 85.9 Å². The number of ether oxygens (including phenoxy) is 3. The van der Waals surface area contributed by atoms with Crippen molar-refractivity contribution in [2.75, 3.05) is 20.3 Å². The quantitative estimate of drug-likeness (QED) is 0.597. The van der Waals surface area contributed by atoms with Crippen molar-refractivity contribution in [1.29, 1.82) is 0 Å². The van der Waals surface area contributed by atoms with Crippen LogP contribution in [0.2, 0.25) is 10.0 Å². The molecule has 0 radical (unpaired) electrons. The summed E-state index contributed by atoms with van der Waals surface area (Å²) >= 11 is 15.1. The fourth-order valence-electron chi connectivity index (χ4n) is 1.90. The maximum atomic E-state index is 11.8. The highest BCUT2D eigenvalue weighted by Crippen LogP contribution is 2.35. The normalized spacial score (nSPS) is 10.1. The van der Waals surface area contributed by atoms with Crippen molar-refractivity contribution in [2.45, 2.75) is 0 Å². The van der Waals surface area contributed by atoms with Crippen LogP contribution in [0.25, 0.3) is 0 Å². The van der Waals surface area contributed by atoms with Gasteiger partial charge in [-0.05, 0) is 40.2 Å². The highest BCUT2D eigenvalue weighted by atomic mass is 79.9. The van der Waals surface area contributed by atoms with Gasteiger partial charge in [-0.3, -0.25) is 20.4 Å². The van der Waals surface area contributed by atoms with Gasteiger partial charge in [0.05, 0.1) is 16.6 Å². The molecule has 2 rings (SSSR count). The van der Waals surface area contributed by atoms with Gasteiger partial charge in [0.2, 0.25) is 0 Å². The standard InChI is InChI=1S/C17H15BrCl2N2O5/c1-25-13-4-2-3-5-14(13)26-8-15(23)21-22-16(24)9-27-17-11(18)6-10(19)7-12(17)20/h2-7H,8-9H2,1H3,(H,21,23)(H,22,24). The predicted octanol–water partition coefficient (Wildman–Crippen LogP) is 3.37. The fourth-order valence-corrected chi connectivity index (χ4v) is 3.27. The molecule has 0 aliphatic carbocycles. The number of methoxy groups -OCH3 is 1. The molecule has 2 amide bonds. The number of carbonyl (C=O) groups is 2. The molecule has 0 saturated carbocycles. The van der Waals surface area contributed by atoms with Gasteiger partial charge in [0.25, 0.3) is 11.8 Å². The van der Waals surface area contributed by atoms with Gasteiger partial charge in [0.1, 0.15) is 0 Å². The van der Waals surface area contributed by atoms with E-state index in [0.29, 0.717) is 21.0 Å². The Hall–Kier alpha value is -2.16. The van der Waals surface area contributed by atoms with E-state index in [1.807, 2.05) is 0 Å². The number of amides is 2. The smallest absolute Gasteiger partial charge is 0.276 e. The SMILES string of the molecule is COc1ccccc1OCC(=O)NNC(=O)COc1c(Cl)cc(Cl)cc1Br. The van der Waals surface area contributed by atoms with Gasteiger partial charge >= 0.3 is 0 Å². The first-order valence-corrected chi connectivity index (χ1v) is 9.06. The molecule has 0 saturated heterocycles. The number of hydrazine groups is 1. The second kappa shape index (κ2) is 10.2. The van der Waals surface area contributed by atoms with Gasteiger partial charge in [-0.1, -0.05) is 35.3 Å². The van der Waals surface area contributed by atoms with E-state index in [9.17, 15) is 9.59 Å². The summed E-state index contributed by atoms with van der Waals surface area (Å²) < 4.78 is 16.3. The van der Waals surface area contributed by atoms with E-state index >= 15 is 0 Å². The molecule has 0 unspecified atom stereocenters. The third-order valence-electron chi connectivity index (χ3n) is 3.08. The van der Waals surface area contributed by atoms with Crippen LogP contribution in [-0.4, -0.2) is 32.1 Å². The van der Waals surface area contributed by atoms with Crippen LogP contribution in [-0.2, 0) is 9.59 Å². The van der Waals surface area contributed by atoms with Crippen molar-refractivity contribution < 1.29 is 23.8 Å². The van der Waals surface area contributed by atoms with E-state index in [1.54, 1.807) is 30.3 Å². The monoisotopic (exact) mass is 476 g/mol. The Morgan fingerprint density at radius 3 is 2.19 bits per heavy atom. The summed E-state index contributed by atoms with van der Waals surface area (Å²) in [5.41, 5.74) is 4.42. The highest BCUT2D eigenvalue weighted by Gasteiger charge is 2.12. The van der Waals surface area contributed by atoms with Crippen LogP contribution in [0.15, 0.2) is 40.9 Å². The number of halogens is 3. The first-order chi connectivity index (χ1) is 12.9. The first kappa shape index (κ1) is 21.1. The van der Waals surface area contributed by atoms with E-state index in [1.165, 1.54) is 13.2 Å². The largest absolute Gasteiger partial charge is 0.493 e. The molecule has 0 atom stereocenters. The van der Waals surface area contributed by atoms with Crippen molar-refractivity contribution in [3.8, 4) is 17.2 Å². The lowest BCUT2D eigenvalue weighted by molar-refractivity contribution is -0.131. The Bertz CT molecular complexity index is 812. The Labute approximate surface area is 174 Å². The molecule has 0 heterocycles. The van der Waals surface area contributed by atoms with Crippen LogP contribution < -0.4 is 25.1 Å². The second-order valence-corrected chi connectivity index (χ2v) is 6.72. The lowest BCUT2D eigenvalue weighted by Crippen LogP contribution is -2.45. The summed E-state index contributed by atoms with van der Waals surface area (Å²) in [7, 11) is 1.49. The van der Waals surface area contributed by atoms with Crippen LogP contribution >= 0.6 is 39.1 Å². The van der Waals surface area contributed by atoms with Crippen molar-refractivity contribution in [1.82, 2.24) is 10.9 Å². The van der Waals surface area contributed by atoms with Crippen LogP contribution in [0.5, 0.6) is 17.2 Å². The number of nitrogens with one attached hydrogen (secondary N) is 2. The number of hydrogen-bond acceptors (Lipinski definition) is 5. The van der Waals surface area contributed by atoms with E-state index in [4.69, 9.17) is 37.4 Å². The zero-order chi connectivity index (χ0) is 19.8. The molecule has 2 aromatic rings. The summed E-state index contributed by atoms with van der Waals surface area (Å²) in [6.45, 7) is -0.677. The molecular weight excluding hydrogens is 463 g/mol. The van der Waals surface area contributed by atoms with Gasteiger partial charge in [-0.15, -0.1) is 0 Å². The Morgan fingerprint density at radius 1 is 1.00 bits per heavy atom. The average molecular weight is 478 g/mol. The van der Waals surface area contributed by atoms with E-state index in [2.05, 4.69) is 26.8 Å². The van der Waals surface area contributed by atoms with E-state index in [-0.39, 0.29) is 24.0 Å². The number of benzene rings is 2. The van der Waals surface area contributed by atoms with Gasteiger partial charge in [0.15, 0.2) is 30.5 Å². The van der Waals surface area contributed by atoms with Crippen molar-refractivity contribution in [3.05, 3.63) is 50.9 Å². The Kier molecular flexibility index (Phi) is 8.02. The summed E-state index contributed by atoms with van der Waals surface area (Å²) in [5.74, 6) is 0.0285. The lowest BCUT2D eigenvalue weighted by Gasteiger charge is -2.12. The molecule has 0 aliphatic rings. The minimum atomic E-state index is -0.585. The molecule has 27 heavy (non-hydrogen) atoms. The van der Waals surface area contributed by atoms with Crippen LogP contribution in [0.1, 0.15) is 0 Å². The fraction of sp³-hybridized carbons (Fsp3) is 0.176. The predicted molar refractivity (Wildman–Crippen MR) is 104 cm³/mol. The van der Waals surface area contributed by atoms with Crippen LogP contribution in [0, 0.1) is 0 Å². The first-order valence-electron chi connectivity index (χ1n) is 7.51. The Balaban J connectivity index is 1.76. The molecule has 2 N–H and O–H groups in total. The summed E-state index contributed by atoms with van der Waals surface area (Å²) in [5, 5.41) is 0.669. The molecule has 2 aromatic carbocycles. The molecule has 144 valence electrons. The van der Waals surface area contributed by atoms with Crippen LogP contribution in [0.4, 0.5) is 0 Å². The molecule has 0 bridgehead atoms. The van der Waals surface area contributed by atoms with Crippen LogP contribution in [0.3, 0.4) is 0 Å². The number of rotatable bonds is 7. The maximum Gasteiger partial charge on any atom is 0.276 e. The zero-order valence-electron chi connectivity index (χ0n) is 14.1. The molecule has 0 aliphatic heterocycles.